The van der Waals surface area contributed by atoms with E-state index in [1.807, 2.05) is 0 Å². The van der Waals surface area contributed by atoms with E-state index in [4.69, 9.17) is 4.42 Å². The number of rotatable bonds is 5. The molecule has 0 radical (unpaired) electrons. The minimum atomic E-state index is -1.35. The maximum Gasteiger partial charge on any atom is 0.261 e. The first-order chi connectivity index (χ1) is 9.56. The van der Waals surface area contributed by atoms with E-state index in [0.29, 0.717) is 0 Å². The zero-order chi connectivity index (χ0) is 14.7. The molecule has 1 atom stereocenters. The molecule has 0 saturated heterocycles. The van der Waals surface area contributed by atoms with Crippen LogP contribution in [0.15, 0.2) is 15.3 Å². The Morgan fingerprint density at radius 1 is 1.35 bits per heavy atom. The van der Waals surface area contributed by atoms with Crippen molar-refractivity contribution in [2.75, 3.05) is 0 Å². The van der Waals surface area contributed by atoms with E-state index < -0.39 is 23.3 Å². The van der Waals surface area contributed by atoms with Crippen molar-refractivity contribution in [2.45, 2.75) is 38.8 Å². The van der Waals surface area contributed by atoms with Crippen LogP contribution in [-0.2, 0) is 0 Å². The van der Waals surface area contributed by atoms with Gasteiger partial charge in [0.15, 0.2) is 17.7 Å². The topological polar surface area (TPSA) is 99.8 Å². The van der Waals surface area contributed by atoms with Crippen molar-refractivity contribution in [1.82, 2.24) is 5.32 Å². The molecule has 1 aromatic rings. The molecule has 6 heteroatoms. The van der Waals surface area contributed by atoms with E-state index in [-0.39, 0.29) is 17.1 Å². The van der Waals surface area contributed by atoms with Crippen molar-refractivity contribution in [1.29, 1.82) is 0 Å². The van der Waals surface area contributed by atoms with E-state index in [1.165, 1.54) is 6.08 Å². The van der Waals surface area contributed by atoms with Crippen LogP contribution in [0, 0.1) is 0 Å². The van der Waals surface area contributed by atoms with Gasteiger partial charge in [0.25, 0.3) is 5.91 Å². The first kappa shape index (κ1) is 14.3. The van der Waals surface area contributed by atoms with Gasteiger partial charge in [-0.25, -0.2) is 0 Å². The predicted octanol–water partition coefficient (Wildman–Crippen LogP) is 1.67. The number of carbonyl (C=O) groups is 1. The summed E-state index contributed by atoms with van der Waals surface area (Å²) in [7, 11) is 0. The van der Waals surface area contributed by atoms with Crippen molar-refractivity contribution in [3.05, 3.63) is 33.4 Å². The fourth-order valence-electron chi connectivity index (χ4n) is 2.04. The molecule has 20 heavy (non-hydrogen) atoms. The zero-order valence-electron chi connectivity index (χ0n) is 11.2. The predicted molar refractivity (Wildman–Crippen MR) is 72.2 cm³/mol. The molecule has 0 aromatic carbocycles. The number of aliphatic hydroxyl groups is 1. The lowest BCUT2D eigenvalue weighted by molar-refractivity contribution is 0.0820. The van der Waals surface area contributed by atoms with Gasteiger partial charge in [0.2, 0.25) is 11.2 Å². The second-order valence-electron chi connectivity index (χ2n) is 4.66. The molecular formula is C14H17NO5. The molecule has 0 spiro atoms. The summed E-state index contributed by atoms with van der Waals surface area (Å²) in [4.78, 5) is 23.3. The fourth-order valence-corrected chi connectivity index (χ4v) is 2.04. The molecule has 108 valence electrons. The fraction of sp³-hybridized carbons (Fsp3) is 0.429. The maximum absolute atomic E-state index is 11.9. The quantitative estimate of drug-likeness (QED) is 0.712. The van der Waals surface area contributed by atoms with Crippen LogP contribution in [0.1, 0.15) is 60.7 Å². The minimum Gasteiger partial charge on any atom is -0.502 e. The van der Waals surface area contributed by atoms with E-state index in [2.05, 4.69) is 12.2 Å². The molecule has 1 amide bonds. The smallest absolute Gasteiger partial charge is 0.261 e. The number of hydrogen-bond donors (Lipinski definition) is 3. The Kier molecular flexibility index (Phi) is 4.24. The highest BCUT2D eigenvalue weighted by Crippen LogP contribution is 2.26. The molecule has 6 nitrogen and oxygen atoms in total. The summed E-state index contributed by atoms with van der Waals surface area (Å²) in [6.45, 7) is 2.10. The highest BCUT2D eigenvalue weighted by Gasteiger charge is 2.34. The van der Waals surface area contributed by atoms with Crippen LogP contribution in [0.25, 0.3) is 6.08 Å². The first-order valence-electron chi connectivity index (χ1n) is 6.61. The zero-order valence-corrected chi connectivity index (χ0v) is 11.2. The van der Waals surface area contributed by atoms with Gasteiger partial charge in [-0.2, -0.15) is 0 Å². The number of unbranched alkanes of at least 4 members (excludes halogenated alkanes) is 3. The van der Waals surface area contributed by atoms with Crippen molar-refractivity contribution < 1.29 is 19.4 Å². The van der Waals surface area contributed by atoms with Crippen LogP contribution in [0.2, 0.25) is 0 Å². The summed E-state index contributed by atoms with van der Waals surface area (Å²) >= 11 is 0. The average Bonchev–Trinajstić information content (AvgIpc) is 2.69. The summed E-state index contributed by atoms with van der Waals surface area (Å²) in [5.41, 5.74) is -1.16. The summed E-state index contributed by atoms with van der Waals surface area (Å²) in [6.07, 6.45) is 5.94. The first-order valence-corrected chi connectivity index (χ1v) is 6.61. The second kappa shape index (κ2) is 5.92. The van der Waals surface area contributed by atoms with Crippen LogP contribution in [0.3, 0.4) is 0 Å². The van der Waals surface area contributed by atoms with Gasteiger partial charge in [-0.05, 0) is 18.9 Å². The number of hydrogen-bond acceptors (Lipinski definition) is 5. The third kappa shape index (κ3) is 2.60. The van der Waals surface area contributed by atoms with E-state index in [1.54, 1.807) is 6.08 Å². The number of nitrogens with one attached hydrogen (secondary N) is 1. The number of amides is 1. The lowest BCUT2D eigenvalue weighted by Gasteiger charge is -2.04. The number of aromatic hydroxyl groups is 1. The van der Waals surface area contributed by atoms with Crippen molar-refractivity contribution in [3.63, 3.8) is 0 Å². The van der Waals surface area contributed by atoms with Gasteiger partial charge in [-0.3, -0.25) is 9.59 Å². The number of aliphatic hydroxyl groups excluding tert-OH is 1. The van der Waals surface area contributed by atoms with Crippen molar-refractivity contribution in [2.24, 2.45) is 0 Å². The Balaban J connectivity index is 2.28. The van der Waals surface area contributed by atoms with Crippen LogP contribution in [-0.4, -0.2) is 16.1 Å². The van der Waals surface area contributed by atoms with Gasteiger partial charge in [0, 0.05) is 0 Å². The molecule has 1 aliphatic heterocycles. The van der Waals surface area contributed by atoms with Gasteiger partial charge < -0.3 is 19.9 Å². The molecule has 0 aliphatic carbocycles. The summed E-state index contributed by atoms with van der Waals surface area (Å²) in [5, 5.41) is 21.5. The Labute approximate surface area is 115 Å². The number of allylic oxidation sites excluding steroid dienone is 1. The lowest BCUT2D eigenvalue weighted by atomic mass is 10.1. The monoisotopic (exact) mass is 279 g/mol. The molecule has 3 N–H and O–H groups in total. The average molecular weight is 279 g/mol. The van der Waals surface area contributed by atoms with E-state index in [0.717, 1.165) is 25.7 Å². The van der Waals surface area contributed by atoms with Crippen LogP contribution in [0.4, 0.5) is 0 Å². The molecule has 2 rings (SSSR count). The molecule has 0 unspecified atom stereocenters. The lowest BCUT2D eigenvalue weighted by Crippen LogP contribution is -2.21. The Morgan fingerprint density at radius 2 is 2.10 bits per heavy atom. The van der Waals surface area contributed by atoms with Gasteiger partial charge in [0.05, 0.1) is 0 Å². The van der Waals surface area contributed by atoms with Crippen LogP contribution < -0.4 is 10.7 Å². The Hall–Kier alpha value is -2.08. The van der Waals surface area contributed by atoms with Crippen molar-refractivity contribution in [3.8, 4) is 5.75 Å². The van der Waals surface area contributed by atoms with Crippen LogP contribution >= 0.6 is 0 Å². The van der Waals surface area contributed by atoms with E-state index >= 15 is 0 Å². The maximum atomic E-state index is 11.9. The highest BCUT2D eigenvalue weighted by atomic mass is 16.4. The molecule has 1 aliphatic rings. The standard InChI is InChI=1S/C14H17NO5/c1-2-3-4-5-6-7-8-10(16)11(17)9-12(20-8)14(19)15-13(9)18/h6-7,14,16,19H,2-5H2,1H3,(H,15,18)/b7-6+/t14-/m1/s1. The molecule has 0 bridgehead atoms. The van der Waals surface area contributed by atoms with E-state index in [9.17, 15) is 19.8 Å². The second-order valence-corrected chi connectivity index (χ2v) is 4.66. The summed E-state index contributed by atoms with van der Waals surface area (Å²) < 4.78 is 5.25. The summed E-state index contributed by atoms with van der Waals surface area (Å²) in [6, 6.07) is 0. The highest BCUT2D eigenvalue weighted by molar-refractivity contribution is 5.98. The van der Waals surface area contributed by atoms with Gasteiger partial charge in [0.1, 0.15) is 5.56 Å². The molecule has 2 heterocycles. The van der Waals surface area contributed by atoms with Crippen molar-refractivity contribution >= 4 is 12.0 Å². The van der Waals surface area contributed by atoms with Gasteiger partial charge in [-0.1, -0.05) is 25.8 Å². The molecule has 0 saturated carbocycles. The Morgan fingerprint density at radius 3 is 2.80 bits per heavy atom. The number of carbonyl (C=O) groups excluding carboxylic acids is 1. The largest absolute Gasteiger partial charge is 0.502 e. The van der Waals surface area contributed by atoms with Gasteiger partial charge in [-0.15, -0.1) is 0 Å². The summed E-state index contributed by atoms with van der Waals surface area (Å²) in [5.74, 6) is -1.54. The normalized spacial score (nSPS) is 17.5. The molecule has 0 fully saturated rings. The van der Waals surface area contributed by atoms with Crippen LogP contribution in [0.5, 0.6) is 5.75 Å². The third-order valence-corrected chi connectivity index (χ3v) is 3.13. The minimum absolute atomic E-state index is 0.0409. The SMILES string of the molecule is CCCCC/C=C/c1oc2c(c(=O)c1O)C(=O)N[C@@H]2O. The molecule has 1 aromatic heterocycles. The third-order valence-electron chi connectivity index (χ3n) is 3.13. The number of fused-ring (bicyclic) bond motifs is 1. The van der Waals surface area contributed by atoms with Gasteiger partial charge >= 0.3 is 0 Å². The molecular weight excluding hydrogens is 262 g/mol. The Bertz CT molecular complexity index is 602.